The lowest BCUT2D eigenvalue weighted by atomic mass is 9.94. The summed E-state index contributed by atoms with van der Waals surface area (Å²) in [5, 5.41) is 7.00. The highest BCUT2D eigenvalue weighted by molar-refractivity contribution is 6.42. The van der Waals surface area contributed by atoms with Crippen LogP contribution in [-0.4, -0.2) is 75.4 Å². The Kier molecular flexibility index (Phi) is 10.8. The highest BCUT2D eigenvalue weighted by Crippen LogP contribution is 2.29. The van der Waals surface area contributed by atoms with Crippen molar-refractivity contribution in [1.82, 2.24) is 15.1 Å². The van der Waals surface area contributed by atoms with Crippen LogP contribution in [0.5, 0.6) is 11.5 Å². The summed E-state index contributed by atoms with van der Waals surface area (Å²) in [5.74, 6) is 1.32. The Morgan fingerprint density at radius 1 is 0.947 bits per heavy atom. The van der Waals surface area contributed by atoms with E-state index in [2.05, 4.69) is 20.4 Å². The van der Waals surface area contributed by atoms with Crippen LogP contribution in [0.1, 0.15) is 50.0 Å². The van der Waals surface area contributed by atoms with Crippen LogP contribution in [-0.2, 0) is 0 Å². The Morgan fingerprint density at radius 3 is 2.26 bits per heavy atom. The van der Waals surface area contributed by atoms with Crippen molar-refractivity contribution in [2.24, 2.45) is 0 Å². The zero-order valence-electron chi connectivity index (χ0n) is 22.5. The molecule has 38 heavy (non-hydrogen) atoms. The molecule has 0 aliphatic carbocycles. The number of urea groups is 1. The third-order valence-corrected chi connectivity index (χ3v) is 8.53. The number of rotatable bonds is 10. The summed E-state index contributed by atoms with van der Waals surface area (Å²) in [7, 11) is 3.16. The molecule has 1 atom stereocenters. The Labute approximate surface area is 236 Å². The van der Waals surface area contributed by atoms with E-state index in [4.69, 9.17) is 32.7 Å². The lowest BCUT2D eigenvalue weighted by Gasteiger charge is -2.40. The summed E-state index contributed by atoms with van der Waals surface area (Å²) < 4.78 is 10.6. The molecule has 0 bridgehead atoms. The third kappa shape index (κ3) is 8.15. The van der Waals surface area contributed by atoms with E-state index >= 15 is 0 Å². The van der Waals surface area contributed by atoms with E-state index in [9.17, 15) is 4.79 Å². The van der Waals surface area contributed by atoms with Crippen LogP contribution in [0.15, 0.2) is 36.4 Å². The average molecular weight is 564 g/mol. The van der Waals surface area contributed by atoms with E-state index in [1.54, 1.807) is 32.4 Å². The van der Waals surface area contributed by atoms with Gasteiger partial charge < -0.3 is 29.9 Å². The minimum atomic E-state index is -0.285. The Morgan fingerprint density at radius 2 is 1.63 bits per heavy atom. The van der Waals surface area contributed by atoms with Crippen LogP contribution < -0.4 is 20.1 Å². The van der Waals surface area contributed by atoms with Crippen LogP contribution in [0, 0.1) is 0 Å². The van der Waals surface area contributed by atoms with Crippen LogP contribution >= 0.6 is 23.2 Å². The monoisotopic (exact) mass is 562 g/mol. The number of anilines is 1. The smallest absolute Gasteiger partial charge is 0.319 e. The van der Waals surface area contributed by atoms with Crippen molar-refractivity contribution >= 4 is 34.9 Å². The van der Waals surface area contributed by atoms with E-state index in [-0.39, 0.29) is 11.9 Å². The second kappa shape index (κ2) is 14.3. The molecule has 4 rings (SSSR count). The number of carbonyl (C=O) groups is 1. The molecule has 0 saturated carbocycles. The molecule has 0 radical (unpaired) electrons. The highest BCUT2D eigenvalue weighted by Gasteiger charge is 2.26. The van der Waals surface area contributed by atoms with Crippen LogP contribution in [0.2, 0.25) is 10.0 Å². The first kappa shape index (κ1) is 28.8. The Bertz CT molecular complexity index is 1030. The lowest BCUT2D eigenvalue weighted by Crippen LogP contribution is -2.47. The molecule has 2 amide bonds. The molecule has 2 fully saturated rings. The molecule has 0 spiro atoms. The molecule has 2 heterocycles. The van der Waals surface area contributed by atoms with Gasteiger partial charge in [-0.3, -0.25) is 0 Å². The number of carbonyl (C=O) groups excluding carboxylic acids is 1. The van der Waals surface area contributed by atoms with Gasteiger partial charge in [0.2, 0.25) is 0 Å². The van der Waals surface area contributed by atoms with Gasteiger partial charge in [0, 0.05) is 42.4 Å². The van der Waals surface area contributed by atoms with Crippen molar-refractivity contribution in [2.75, 3.05) is 58.8 Å². The van der Waals surface area contributed by atoms with Gasteiger partial charge in [-0.25, -0.2) is 4.79 Å². The molecule has 9 heteroatoms. The van der Waals surface area contributed by atoms with Gasteiger partial charge in [-0.05, 0) is 82.5 Å². The lowest BCUT2D eigenvalue weighted by molar-refractivity contribution is 0.0912. The van der Waals surface area contributed by atoms with Gasteiger partial charge in [0.15, 0.2) is 0 Å². The molecule has 2 N–H and O–H groups in total. The SMILES string of the molecule is COc1cc(NC(=O)NCC(CCN2CCC(N3CCCCC3)CC2)c2ccc(Cl)c(Cl)c2)cc(OC)c1. The predicted molar refractivity (Wildman–Crippen MR) is 155 cm³/mol. The standard InChI is InChI=1S/C29H40Cl2N4O3/c1-37-25-17-23(18-26(19-25)38-2)33-29(36)32-20-22(21-6-7-27(30)28(31)16-21)8-13-34-14-9-24(10-15-34)35-11-4-3-5-12-35/h6-7,16-19,22,24H,3-5,8-15,20H2,1-2H3,(H2,32,33,36). The molecule has 2 aliphatic rings. The number of nitrogens with one attached hydrogen (secondary N) is 2. The predicted octanol–water partition coefficient (Wildman–Crippen LogP) is 6.26. The minimum absolute atomic E-state index is 0.107. The third-order valence-electron chi connectivity index (χ3n) is 7.79. The number of hydrogen-bond acceptors (Lipinski definition) is 5. The maximum absolute atomic E-state index is 12.8. The fraction of sp³-hybridized carbons (Fsp3) is 0.552. The number of methoxy groups -OCH3 is 2. The number of nitrogens with zero attached hydrogens (tertiary/aromatic N) is 2. The molecule has 2 saturated heterocycles. The molecule has 2 aromatic carbocycles. The molecule has 0 aromatic heterocycles. The van der Waals surface area contributed by atoms with Crippen molar-refractivity contribution < 1.29 is 14.3 Å². The molecular weight excluding hydrogens is 523 g/mol. The highest BCUT2D eigenvalue weighted by atomic mass is 35.5. The van der Waals surface area contributed by atoms with Gasteiger partial charge in [-0.15, -0.1) is 0 Å². The topological polar surface area (TPSA) is 66.1 Å². The number of hydrogen-bond donors (Lipinski definition) is 2. The minimum Gasteiger partial charge on any atom is -0.497 e. The molecule has 1 unspecified atom stereocenters. The van der Waals surface area contributed by atoms with E-state index in [0.29, 0.717) is 33.8 Å². The summed E-state index contributed by atoms with van der Waals surface area (Å²) in [6, 6.07) is 11.5. The fourth-order valence-corrected chi connectivity index (χ4v) is 5.86. The van der Waals surface area contributed by atoms with E-state index in [1.807, 2.05) is 18.2 Å². The molecule has 2 aliphatic heterocycles. The van der Waals surface area contributed by atoms with E-state index < -0.39 is 0 Å². The van der Waals surface area contributed by atoms with Gasteiger partial charge >= 0.3 is 6.03 Å². The first-order valence-electron chi connectivity index (χ1n) is 13.6. The van der Waals surface area contributed by atoms with E-state index in [0.717, 1.165) is 37.7 Å². The van der Waals surface area contributed by atoms with Gasteiger partial charge in [0.05, 0.1) is 24.3 Å². The quantitative estimate of drug-likeness (QED) is 0.358. The Balaban J connectivity index is 1.33. The normalized spacial score (nSPS) is 18.1. The number of piperidine rings is 2. The summed E-state index contributed by atoms with van der Waals surface area (Å²) in [4.78, 5) is 18.1. The van der Waals surface area contributed by atoms with Crippen LogP contribution in [0.3, 0.4) is 0 Å². The van der Waals surface area contributed by atoms with Crippen molar-refractivity contribution in [3.8, 4) is 11.5 Å². The molecule has 208 valence electrons. The van der Waals surface area contributed by atoms with Crippen LogP contribution in [0.4, 0.5) is 10.5 Å². The molecule has 2 aromatic rings. The number of ether oxygens (including phenoxy) is 2. The largest absolute Gasteiger partial charge is 0.497 e. The summed E-state index contributed by atoms with van der Waals surface area (Å²) in [6.07, 6.45) is 7.46. The first-order valence-corrected chi connectivity index (χ1v) is 14.4. The summed E-state index contributed by atoms with van der Waals surface area (Å²) >= 11 is 12.5. The second-order valence-electron chi connectivity index (χ2n) is 10.3. The number of amides is 2. The second-order valence-corrected chi connectivity index (χ2v) is 11.1. The van der Waals surface area contributed by atoms with Crippen molar-refractivity contribution in [2.45, 2.75) is 50.5 Å². The first-order chi connectivity index (χ1) is 18.4. The summed E-state index contributed by atoms with van der Waals surface area (Å²) in [5.41, 5.74) is 1.67. The fourth-order valence-electron chi connectivity index (χ4n) is 5.55. The van der Waals surface area contributed by atoms with Crippen LogP contribution in [0.25, 0.3) is 0 Å². The zero-order valence-corrected chi connectivity index (χ0v) is 24.0. The van der Waals surface area contributed by atoms with Gasteiger partial charge in [-0.1, -0.05) is 35.7 Å². The van der Waals surface area contributed by atoms with Gasteiger partial charge in [0.25, 0.3) is 0 Å². The summed E-state index contributed by atoms with van der Waals surface area (Å²) in [6.45, 7) is 6.24. The van der Waals surface area contributed by atoms with Crippen molar-refractivity contribution in [3.05, 3.63) is 52.0 Å². The van der Waals surface area contributed by atoms with Gasteiger partial charge in [-0.2, -0.15) is 0 Å². The van der Waals surface area contributed by atoms with Crippen molar-refractivity contribution in [1.29, 1.82) is 0 Å². The maximum Gasteiger partial charge on any atom is 0.319 e. The maximum atomic E-state index is 12.8. The Hall–Kier alpha value is -2.19. The number of halogens is 2. The van der Waals surface area contributed by atoms with Crippen molar-refractivity contribution in [3.63, 3.8) is 0 Å². The van der Waals surface area contributed by atoms with Gasteiger partial charge in [0.1, 0.15) is 11.5 Å². The molecule has 7 nitrogen and oxygen atoms in total. The van der Waals surface area contributed by atoms with E-state index in [1.165, 1.54) is 45.2 Å². The number of benzene rings is 2. The average Bonchev–Trinajstić information content (AvgIpc) is 2.95. The zero-order chi connectivity index (χ0) is 26.9. The molecular formula is C29H40Cl2N4O3. The number of likely N-dealkylation sites (tertiary alicyclic amines) is 2.